The highest BCUT2D eigenvalue weighted by molar-refractivity contribution is 7.99. The molecule has 2 unspecified atom stereocenters. The average Bonchev–Trinajstić information content (AvgIpc) is 2.71. The molecule has 0 aromatic heterocycles. The Morgan fingerprint density at radius 3 is 1.34 bits per heavy atom. The van der Waals surface area contributed by atoms with Crippen LogP contribution in [0.2, 0.25) is 0 Å². The van der Waals surface area contributed by atoms with Crippen molar-refractivity contribution in [1.29, 1.82) is 0 Å². The smallest absolute Gasteiger partial charge is 0.0342 e. The SMILES string of the molecule is CCCCCC(C)Nc1ccc(Sc2ccc(NC(C)CCCCC)cc2)cc1. The van der Waals surface area contributed by atoms with Gasteiger partial charge < -0.3 is 10.6 Å². The summed E-state index contributed by atoms with van der Waals surface area (Å²) in [6.45, 7) is 9.07. The highest BCUT2D eigenvalue weighted by atomic mass is 32.2. The van der Waals surface area contributed by atoms with Crippen LogP contribution in [0.1, 0.15) is 79.1 Å². The molecule has 2 nitrogen and oxygen atoms in total. The van der Waals surface area contributed by atoms with E-state index in [0.717, 1.165) is 0 Å². The standard InChI is InChI=1S/C26H40N2S/c1-5-7-9-11-21(3)27-23-13-17-25(18-14-23)29-26-19-15-24(16-20-26)28-22(4)12-10-8-6-2/h13-22,27-28H,5-12H2,1-4H3. The van der Waals surface area contributed by atoms with E-state index in [4.69, 9.17) is 0 Å². The molecule has 29 heavy (non-hydrogen) atoms. The Kier molecular flexibility index (Phi) is 11.1. The molecule has 0 aliphatic carbocycles. The second-order valence-corrected chi connectivity index (χ2v) is 9.38. The summed E-state index contributed by atoms with van der Waals surface area (Å²) < 4.78 is 0. The van der Waals surface area contributed by atoms with Crippen molar-refractivity contribution in [3.8, 4) is 0 Å². The van der Waals surface area contributed by atoms with Gasteiger partial charge in [0.15, 0.2) is 0 Å². The number of anilines is 2. The molecule has 0 heterocycles. The molecule has 0 bridgehead atoms. The molecule has 0 saturated heterocycles. The zero-order valence-corrected chi connectivity index (χ0v) is 19.7. The summed E-state index contributed by atoms with van der Waals surface area (Å²) in [7, 11) is 0. The number of hydrogen-bond donors (Lipinski definition) is 2. The van der Waals surface area contributed by atoms with Gasteiger partial charge in [0.25, 0.3) is 0 Å². The van der Waals surface area contributed by atoms with Gasteiger partial charge in [-0.05, 0) is 75.2 Å². The lowest BCUT2D eigenvalue weighted by Crippen LogP contribution is -2.14. The van der Waals surface area contributed by atoms with Crippen molar-refractivity contribution < 1.29 is 0 Å². The molecule has 2 aromatic carbocycles. The van der Waals surface area contributed by atoms with Crippen molar-refractivity contribution in [2.45, 2.75) is 101 Å². The van der Waals surface area contributed by atoms with Crippen molar-refractivity contribution in [1.82, 2.24) is 0 Å². The van der Waals surface area contributed by atoms with Gasteiger partial charge in [0.1, 0.15) is 0 Å². The largest absolute Gasteiger partial charge is 0.383 e. The second kappa shape index (κ2) is 13.6. The fourth-order valence-corrected chi connectivity index (χ4v) is 4.31. The van der Waals surface area contributed by atoms with Crippen molar-refractivity contribution in [2.24, 2.45) is 0 Å². The number of nitrogens with one attached hydrogen (secondary N) is 2. The summed E-state index contributed by atoms with van der Waals surface area (Å²) in [6, 6.07) is 18.7. The summed E-state index contributed by atoms with van der Waals surface area (Å²) >= 11 is 1.82. The first-order chi connectivity index (χ1) is 14.1. The third kappa shape index (κ3) is 9.62. The summed E-state index contributed by atoms with van der Waals surface area (Å²) in [5, 5.41) is 7.24. The van der Waals surface area contributed by atoms with Crippen molar-refractivity contribution in [3.63, 3.8) is 0 Å². The van der Waals surface area contributed by atoms with Gasteiger partial charge in [0.2, 0.25) is 0 Å². The quantitative estimate of drug-likeness (QED) is 0.304. The van der Waals surface area contributed by atoms with E-state index in [1.165, 1.54) is 72.5 Å². The summed E-state index contributed by atoms with van der Waals surface area (Å²) in [4.78, 5) is 2.56. The second-order valence-electron chi connectivity index (χ2n) is 8.23. The number of rotatable bonds is 14. The summed E-state index contributed by atoms with van der Waals surface area (Å²) in [5.74, 6) is 0. The van der Waals surface area contributed by atoms with Crippen molar-refractivity contribution in [2.75, 3.05) is 10.6 Å². The number of unbranched alkanes of at least 4 members (excludes halogenated alkanes) is 4. The van der Waals surface area contributed by atoms with Crippen molar-refractivity contribution >= 4 is 23.1 Å². The van der Waals surface area contributed by atoms with Gasteiger partial charge in [-0.25, -0.2) is 0 Å². The van der Waals surface area contributed by atoms with E-state index in [0.29, 0.717) is 12.1 Å². The average molecular weight is 413 g/mol. The van der Waals surface area contributed by atoms with Gasteiger partial charge in [0.05, 0.1) is 0 Å². The van der Waals surface area contributed by atoms with Crippen LogP contribution in [0.25, 0.3) is 0 Å². The van der Waals surface area contributed by atoms with Gasteiger partial charge >= 0.3 is 0 Å². The van der Waals surface area contributed by atoms with Crippen LogP contribution in [0.15, 0.2) is 58.3 Å². The first-order valence-corrected chi connectivity index (χ1v) is 12.3. The molecule has 2 rings (SSSR count). The summed E-state index contributed by atoms with van der Waals surface area (Å²) in [5.41, 5.74) is 2.44. The predicted molar refractivity (Wildman–Crippen MR) is 131 cm³/mol. The highest BCUT2D eigenvalue weighted by Gasteiger charge is 2.04. The third-order valence-corrected chi connectivity index (χ3v) is 6.27. The number of benzene rings is 2. The maximum absolute atomic E-state index is 3.62. The minimum atomic E-state index is 0.532. The molecule has 0 aliphatic rings. The van der Waals surface area contributed by atoms with E-state index in [-0.39, 0.29) is 0 Å². The minimum absolute atomic E-state index is 0.532. The molecule has 3 heteroatoms. The van der Waals surface area contributed by atoms with Crippen LogP contribution in [0.4, 0.5) is 11.4 Å². The van der Waals surface area contributed by atoms with Gasteiger partial charge in [-0.1, -0.05) is 64.1 Å². The van der Waals surface area contributed by atoms with Crippen LogP contribution in [0, 0.1) is 0 Å². The van der Waals surface area contributed by atoms with Crippen LogP contribution in [-0.4, -0.2) is 12.1 Å². The van der Waals surface area contributed by atoms with Gasteiger partial charge in [0, 0.05) is 33.2 Å². The molecular formula is C26H40N2S. The normalized spacial score (nSPS) is 13.1. The number of hydrogen-bond acceptors (Lipinski definition) is 3. The molecule has 2 N–H and O–H groups in total. The Labute approximate surface area is 183 Å². The van der Waals surface area contributed by atoms with Crippen LogP contribution in [0.3, 0.4) is 0 Å². The Morgan fingerprint density at radius 1 is 0.621 bits per heavy atom. The Morgan fingerprint density at radius 2 is 1.00 bits per heavy atom. The lowest BCUT2D eigenvalue weighted by Gasteiger charge is -2.16. The van der Waals surface area contributed by atoms with Crippen LogP contribution in [-0.2, 0) is 0 Å². The van der Waals surface area contributed by atoms with Gasteiger partial charge in [-0.15, -0.1) is 0 Å². The van der Waals surface area contributed by atoms with Crippen LogP contribution >= 0.6 is 11.8 Å². The molecule has 2 aromatic rings. The molecule has 0 spiro atoms. The minimum Gasteiger partial charge on any atom is -0.383 e. The van der Waals surface area contributed by atoms with Crippen LogP contribution in [0.5, 0.6) is 0 Å². The van der Waals surface area contributed by atoms with Crippen molar-refractivity contribution in [3.05, 3.63) is 48.5 Å². The Hall–Kier alpha value is -1.61. The third-order valence-electron chi connectivity index (χ3n) is 5.25. The molecule has 0 fully saturated rings. The lowest BCUT2D eigenvalue weighted by atomic mass is 10.1. The Bertz CT molecular complexity index is 607. The molecule has 2 atom stereocenters. The molecular weight excluding hydrogens is 372 g/mol. The monoisotopic (exact) mass is 412 g/mol. The Balaban J connectivity index is 1.79. The van der Waals surface area contributed by atoms with E-state index < -0.39 is 0 Å². The molecule has 0 aliphatic heterocycles. The zero-order chi connectivity index (χ0) is 20.9. The maximum Gasteiger partial charge on any atom is 0.0342 e. The fourth-order valence-electron chi connectivity index (χ4n) is 3.49. The first-order valence-electron chi connectivity index (χ1n) is 11.5. The molecule has 0 radical (unpaired) electrons. The molecule has 0 saturated carbocycles. The topological polar surface area (TPSA) is 24.1 Å². The van der Waals surface area contributed by atoms with E-state index in [1.807, 2.05) is 11.8 Å². The maximum atomic E-state index is 3.62. The van der Waals surface area contributed by atoms with E-state index >= 15 is 0 Å². The van der Waals surface area contributed by atoms with Gasteiger partial charge in [-0.2, -0.15) is 0 Å². The van der Waals surface area contributed by atoms with E-state index in [9.17, 15) is 0 Å². The fraction of sp³-hybridized carbons (Fsp3) is 0.538. The van der Waals surface area contributed by atoms with Crippen LogP contribution < -0.4 is 10.6 Å². The van der Waals surface area contributed by atoms with E-state index in [2.05, 4.69) is 86.9 Å². The summed E-state index contributed by atoms with van der Waals surface area (Å²) in [6.07, 6.45) is 10.3. The van der Waals surface area contributed by atoms with Gasteiger partial charge in [-0.3, -0.25) is 0 Å². The molecule has 0 amide bonds. The highest BCUT2D eigenvalue weighted by Crippen LogP contribution is 2.30. The first kappa shape index (κ1) is 23.7. The van der Waals surface area contributed by atoms with E-state index in [1.54, 1.807) is 0 Å². The molecule has 160 valence electrons. The predicted octanol–water partition coefficient (Wildman–Crippen LogP) is 8.60. The lowest BCUT2D eigenvalue weighted by molar-refractivity contribution is 0.615. The zero-order valence-electron chi connectivity index (χ0n) is 18.8.